The summed E-state index contributed by atoms with van der Waals surface area (Å²) in [6, 6.07) is 8.01. The molecule has 2 N–H and O–H groups in total. The summed E-state index contributed by atoms with van der Waals surface area (Å²) < 4.78 is 0. The van der Waals surface area contributed by atoms with Crippen LogP contribution in [-0.2, 0) is 10.2 Å². The van der Waals surface area contributed by atoms with Crippen LogP contribution in [0.5, 0.6) is 0 Å². The van der Waals surface area contributed by atoms with Crippen LogP contribution in [0.3, 0.4) is 0 Å². The molecule has 1 aromatic rings. The molecule has 0 aromatic heterocycles. The molecular weight excluding hydrogens is 236 g/mol. The SMILES string of the molecule is C=C1CCC(Nc2ccccc2C(C)(C)C)C(=O)N1. The largest absolute Gasteiger partial charge is 0.373 e. The number of amides is 1. The fourth-order valence-electron chi connectivity index (χ4n) is 2.36. The second kappa shape index (κ2) is 5.08. The van der Waals surface area contributed by atoms with Gasteiger partial charge < -0.3 is 10.6 Å². The van der Waals surface area contributed by atoms with Gasteiger partial charge in [0.25, 0.3) is 0 Å². The lowest BCUT2D eigenvalue weighted by atomic mass is 9.85. The summed E-state index contributed by atoms with van der Waals surface area (Å²) in [6.07, 6.45) is 1.63. The molecule has 19 heavy (non-hydrogen) atoms. The number of hydrogen-bond donors (Lipinski definition) is 2. The molecule has 0 aliphatic carbocycles. The first-order valence-electron chi connectivity index (χ1n) is 6.72. The Morgan fingerprint density at radius 3 is 2.63 bits per heavy atom. The molecule has 2 rings (SSSR count). The Morgan fingerprint density at radius 2 is 2.00 bits per heavy atom. The second-order valence-corrected chi connectivity index (χ2v) is 6.12. The van der Waals surface area contributed by atoms with Crippen LogP contribution in [0.2, 0.25) is 0 Å². The van der Waals surface area contributed by atoms with Gasteiger partial charge in [0.1, 0.15) is 6.04 Å². The predicted molar refractivity (Wildman–Crippen MR) is 79.1 cm³/mol. The van der Waals surface area contributed by atoms with E-state index in [1.807, 2.05) is 18.2 Å². The molecule has 1 heterocycles. The standard InChI is InChI=1S/C16H22N2O/c1-11-9-10-14(15(19)17-11)18-13-8-6-5-7-12(13)16(2,3)4/h5-8,14,18H,1,9-10H2,2-4H3,(H,17,19). The molecule has 3 nitrogen and oxygen atoms in total. The Bertz CT molecular complexity index is 500. The van der Waals surface area contributed by atoms with Gasteiger partial charge in [-0.2, -0.15) is 0 Å². The van der Waals surface area contributed by atoms with E-state index in [-0.39, 0.29) is 17.4 Å². The maximum absolute atomic E-state index is 11.9. The molecule has 1 amide bonds. The Morgan fingerprint density at radius 1 is 1.32 bits per heavy atom. The Balaban J connectivity index is 2.20. The van der Waals surface area contributed by atoms with Gasteiger partial charge in [-0.1, -0.05) is 45.5 Å². The van der Waals surface area contributed by atoms with E-state index in [0.29, 0.717) is 0 Å². The van der Waals surface area contributed by atoms with E-state index >= 15 is 0 Å². The zero-order chi connectivity index (χ0) is 14.0. The summed E-state index contributed by atoms with van der Waals surface area (Å²) in [5.41, 5.74) is 3.14. The van der Waals surface area contributed by atoms with Crippen molar-refractivity contribution in [1.82, 2.24) is 5.32 Å². The molecule has 1 saturated heterocycles. The van der Waals surface area contributed by atoms with Crippen LogP contribution in [0.4, 0.5) is 5.69 Å². The van der Waals surface area contributed by atoms with E-state index in [9.17, 15) is 4.79 Å². The number of nitrogens with one attached hydrogen (secondary N) is 2. The number of carbonyl (C=O) groups is 1. The monoisotopic (exact) mass is 258 g/mol. The molecule has 1 aliphatic heterocycles. The molecule has 1 aliphatic rings. The van der Waals surface area contributed by atoms with E-state index in [2.05, 4.69) is 44.1 Å². The van der Waals surface area contributed by atoms with Crippen LogP contribution in [0.15, 0.2) is 36.5 Å². The van der Waals surface area contributed by atoms with E-state index in [4.69, 9.17) is 0 Å². The van der Waals surface area contributed by atoms with E-state index in [0.717, 1.165) is 24.2 Å². The minimum atomic E-state index is -0.172. The Kier molecular flexibility index (Phi) is 3.65. The lowest BCUT2D eigenvalue weighted by Crippen LogP contribution is -2.43. The first-order chi connectivity index (χ1) is 8.88. The zero-order valence-corrected chi connectivity index (χ0v) is 11.9. The van der Waals surface area contributed by atoms with Crippen LogP contribution in [0.25, 0.3) is 0 Å². The molecular formula is C16H22N2O. The number of rotatable bonds is 2. The first-order valence-corrected chi connectivity index (χ1v) is 6.72. The fourth-order valence-corrected chi connectivity index (χ4v) is 2.36. The number of anilines is 1. The molecule has 1 unspecified atom stereocenters. The summed E-state index contributed by atoms with van der Waals surface area (Å²) in [5, 5.41) is 6.19. The van der Waals surface area contributed by atoms with Gasteiger partial charge in [-0.25, -0.2) is 0 Å². The van der Waals surface area contributed by atoms with Crippen molar-refractivity contribution in [1.29, 1.82) is 0 Å². The van der Waals surface area contributed by atoms with Crippen LogP contribution in [0.1, 0.15) is 39.2 Å². The number of benzene rings is 1. The van der Waals surface area contributed by atoms with Gasteiger partial charge in [0.05, 0.1) is 0 Å². The minimum absolute atomic E-state index is 0.0139. The third kappa shape index (κ3) is 3.16. The van der Waals surface area contributed by atoms with Gasteiger partial charge in [0.2, 0.25) is 5.91 Å². The summed E-state index contributed by atoms with van der Waals surface area (Å²) in [6.45, 7) is 10.3. The van der Waals surface area contributed by atoms with E-state index in [1.165, 1.54) is 5.56 Å². The smallest absolute Gasteiger partial charge is 0.246 e. The lowest BCUT2D eigenvalue weighted by molar-refractivity contribution is -0.122. The molecule has 1 atom stereocenters. The highest BCUT2D eigenvalue weighted by molar-refractivity contribution is 5.87. The van der Waals surface area contributed by atoms with Gasteiger partial charge in [0.15, 0.2) is 0 Å². The third-order valence-corrected chi connectivity index (χ3v) is 3.42. The number of piperidine rings is 1. The fraction of sp³-hybridized carbons (Fsp3) is 0.438. The van der Waals surface area contributed by atoms with Crippen molar-refractivity contribution in [3.63, 3.8) is 0 Å². The van der Waals surface area contributed by atoms with Crippen molar-refractivity contribution >= 4 is 11.6 Å². The first kappa shape index (κ1) is 13.7. The van der Waals surface area contributed by atoms with Gasteiger partial charge in [0, 0.05) is 11.4 Å². The van der Waals surface area contributed by atoms with Crippen molar-refractivity contribution < 1.29 is 4.79 Å². The maximum Gasteiger partial charge on any atom is 0.246 e. The number of hydrogen-bond acceptors (Lipinski definition) is 2. The molecule has 102 valence electrons. The number of carbonyl (C=O) groups excluding carboxylic acids is 1. The average molecular weight is 258 g/mol. The predicted octanol–water partition coefficient (Wildman–Crippen LogP) is 3.19. The normalized spacial score (nSPS) is 20.1. The average Bonchev–Trinajstić information content (AvgIpc) is 2.32. The van der Waals surface area contributed by atoms with Crippen molar-refractivity contribution in [3.8, 4) is 0 Å². The summed E-state index contributed by atoms with van der Waals surface area (Å²) in [5.74, 6) is 0.0139. The Labute approximate surface area is 115 Å². The summed E-state index contributed by atoms with van der Waals surface area (Å²) in [7, 11) is 0. The van der Waals surface area contributed by atoms with Crippen molar-refractivity contribution in [2.75, 3.05) is 5.32 Å². The van der Waals surface area contributed by atoms with Crippen molar-refractivity contribution in [2.24, 2.45) is 0 Å². The number of allylic oxidation sites excluding steroid dienone is 1. The third-order valence-electron chi connectivity index (χ3n) is 3.42. The zero-order valence-electron chi connectivity index (χ0n) is 11.9. The highest BCUT2D eigenvalue weighted by Crippen LogP contribution is 2.30. The van der Waals surface area contributed by atoms with Crippen LogP contribution < -0.4 is 10.6 Å². The second-order valence-electron chi connectivity index (χ2n) is 6.12. The highest BCUT2D eigenvalue weighted by atomic mass is 16.2. The van der Waals surface area contributed by atoms with Crippen LogP contribution in [-0.4, -0.2) is 11.9 Å². The van der Waals surface area contributed by atoms with Crippen LogP contribution >= 0.6 is 0 Å². The highest BCUT2D eigenvalue weighted by Gasteiger charge is 2.25. The van der Waals surface area contributed by atoms with Gasteiger partial charge in [-0.3, -0.25) is 4.79 Å². The molecule has 0 saturated carbocycles. The quantitative estimate of drug-likeness (QED) is 0.855. The van der Waals surface area contributed by atoms with Gasteiger partial charge >= 0.3 is 0 Å². The topological polar surface area (TPSA) is 41.1 Å². The van der Waals surface area contributed by atoms with E-state index in [1.54, 1.807) is 0 Å². The molecule has 0 radical (unpaired) electrons. The maximum atomic E-state index is 11.9. The lowest BCUT2D eigenvalue weighted by Gasteiger charge is -2.29. The van der Waals surface area contributed by atoms with Crippen molar-refractivity contribution in [3.05, 3.63) is 42.1 Å². The minimum Gasteiger partial charge on any atom is -0.373 e. The Hall–Kier alpha value is -1.77. The molecule has 1 fully saturated rings. The summed E-state index contributed by atoms with van der Waals surface area (Å²) in [4.78, 5) is 11.9. The molecule has 3 heteroatoms. The number of para-hydroxylation sites is 1. The van der Waals surface area contributed by atoms with Crippen LogP contribution in [0, 0.1) is 0 Å². The van der Waals surface area contributed by atoms with Gasteiger partial charge in [-0.05, 0) is 29.9 Å². The summed E-state index contributed by atoms with van der Waals surface area (Å²) >= 11 is 0. The van der Waals surface area contributed by atoms with E-state index < -0.39 is 0 Å². The molecule has 0 spiro atoms. The van der Waals surface area contributed by atoms with Crippen molar-refractivity contribution in [2.45, 2.75) is 45.1 Å². The van der Waals surface area contributed by atoms with Gasteiger partial charge in [-0.15, -0.1) is 0 Å². The molecule has 1 aromatic carbocycles. The molecule has 0 bridgehead atoms.